The second kappa shape index (κ2) is 7.41. The van der Waals surface area contributed by atoms with Gasteiger partial charge >= 0.3 is 0 Å². The van der Waals surface area contributed by atoms with Crippen LogP contribution in [0.25, 0.3) is 22.4 Å². The first kappa shape index (κ1) is 17.0. The van der Waals surface area contributed by atoms with E-state index in [1.54, 1.807) is 0 Å². The summed E-state index contributed by atoms with van der Waals surface area (Å²) in [6.45, 7) is 3.14. The van der Waals surface area contributed by atoms with Gasteiger partial charge in [-0.05, 0) is 30.7 Å². The zero-order chi connectivity index (χ0) is 18.6. The third-order valence-corrected chi connectivity index (χ3v) is 4.33. The van der Waals surface area contributed by atoms with Crippen molar-refractivity contribution in [3.63, 3.8) is 0 Å². The van der Waals surface area contributed by atoms with Gasteiger partial charge in [0.1, 0.15) is 0 Å². The molecule has 1 N–H and O–H groups in total. The molecule has 0 atom stereocenters. The number of hydrogen-bond donors (Lipinski definition) is 1. The van der Waals surface area contributed by atoms with Gasteiger partial charge in [-0.2, -0.15) is 4.98 Å². The number of fused-ring (bicyclic) bond motifs is 1. The summed E-state index contributed by atoms with van der Waals surface area (Å²) < 4.78 is 7.33. The van der Waals surface area contributed by atoms with E-state index < -0.39 is 0 Å². The van der Waals surface area contributed by atoms with E-state index in [2.05, 4.69) is 31.9 Å². The summed E-state index contributed by atoms with van der Waals surface area (Å²) in [5.74, 6) is 0.758. The number of amides is 1. The van der Waals surface area contributed by atoms with Gasteiger partial charge in [-0.25, -0.2) is 4.98 Å². The third kappa shape index (κ3) is 3.72. The SMILES string of the molecule is CCn1cnc2cc(-c3noc(CNC(=O)Cc4ccccc4)n3)ccc21. The van der Waals surface area contributed by atoms with Crippen molar-refractivity contribution in [1.82, 2.24) is 25.0 Å². The third-order valence-electron chi connectivity index (χ3n) is 4.33. The molecule has 0 bridgehead atoms. The number of rotatable bonds is 6. The van der Waals surface area contributed by atoms with Gasteiger partial charge in [0, 0.05) is 12.1 Å². The molecule has 4 aromatic rings. The molecule has 136 valence electrons. The van der Waals surface area contributed by atoms with Crippen molar-refractivity contribution >= 4 is 16.9 Å². The lowest BCUT2D eigenvalue weighted by Gasteiger charge is -2.02. The maximum absolute atomic E-state index is 12.0. The molecule has 2 aromatic carbocycles. The number of aryl methyl sites for hydroxylation is 1. The number of imidazole rings is 1. The zero-order valence-corrected chi connectivity index (χ0v) is 14.9. The van der Waals surface area contributed by atoms with Gasteiger partial charge in [-0.3, -0.25) is 4.79 Å². The molecule has 0 unspecified atom stereocenters. The second-order valence-corrected chi connectivity index (χ2v) is 6.18. The van der Waals surface area contributed by atoms with Gasteiger partial charge in [-0.15, -0.1) is 0 Å². The lowest BCUT2D eigenvalue weighted by molar-refractivity contribution is -0.120. The molecular weight excluding hydrogens is 342 g/mol. The lowest BCUT2D eigenvalue weighted by Crippen LogP contribution is -2.24. The fourth-order valence-electron chi connectivity index (χ4n) is 2.92. The number of nitrogens with one attached hydrogen (secondary N) is 1. The Balaban J connectivity index is 1.42. The molecule has 0 aliphatic rings. The van der Waals surface area contributed by atoms with Crippen LogP contribution in [0, 0.1) is 0 Å². The maximum Gasteiger partial charge on any atom is 0.246 e. The van der Waals surface area contributed by atoms with Gasteiger partial charge in [0.2, 0.25) is 17.6 Å². The number of nitrogens with zero attached hydrogens (tertiary/aromatic N) is 4. The average Bonchev–Trinajstić information content (AvgIpc) is 3.33. The standard InChI is InChI=1S/C20H19N5O2/c1-2-25-13-22-16-11-15(8-9-17(16)25)20-23-19(27-24-20)12-21-18(26)10-14-6-4-3-5-7-14/h3-9,11,13H,2,10,12H2,1H3,(H,21,26). The van der Waals surface area contributed by atoms with Crippen LogP contribution in [-0.2, 0) is 24.3 Å². The Labute approximate surface area is 156 Å². The Bertz CT molecular complexity index is 1070. The molecule has 0 aliphatic heterocycles. The van der Waals surface area contributed by atoms with Gasteiger partial charge in [0.05, 0.1) is 30.3 Å². The second-order valence-electron chi connectivity index (χ2n) is 6.18. The Hall–Kier alpha value is -3.48. The van der Waals surface area contributed by atoms with Crippen LogP contribution in [0.5, 0.6) is 0 Å². The van der Waals surface area contributed by atoms with E-state index in [9.17, 15) is 4.79 Å². The Morgan fingerprint density at radius 3 is 2.85 bits per heavy atom. The Kier molecular flexibility index (Phi) is 4.65. The highest BCUT2D eigenvalue weighted by atomic mass is 16.5. The quantitative estimate of drug-likeness (QED) is 0.571. The molecule has 7 nitrogen and oxygen atoms in total. The van der Waals surface area contributed by atoms with Crippen LogP contribution >= 0.6 is 0 Å². The first-order valence-electron chi connectivity index (χ1n) is 8.81. The fourth-order valence-corrected chi connectivity index (χ4v) is 2.92. The summed E-state index contributed by atoms with van der Waals surface area (Å²) in [5.41, 5.74) is 3.74. The average molecular weight is 361 g/mol. The number of hydrogen-bond acceptors (Lipinski definition) is 5. The van der Waals surface area contributed by atoms with Crippen LogP contribution in [0.4, 0.5) is 0 Å². The van der Waals surface area contributed by atoms with E-state index in [1.165, 1.54) is 0 Å². The van der Waals surface area contributed by atoms with Crippen molar-refractivity contribution in [2.75, 3.05) is 0 Å². The number of carbonyl (C=O) groups excluding carboxylic acids is 1. The van der Waals surface area contributed by atoms with Crippen molar-refractivity contribution < 1.29 is 9.32 Å². The van der Waals surface area contributed by atoms with Crippen LogP contribution in [0.3, 0.4) is 0 Å². The number of carbonyl (C=O) groups is 1. The van der Waals surface area contributed by atoms with E-state index in [0.29, 0.717) is 18.1 Å². The molecule has 0 aliphatic carbocycles. The van der Waals surface area contributed by atoms with Crippen LogP contribution in [0.15, 0.2) is 59.4 Å². The summed E-state index contributed by atoms with van der Waals surface area (Å²) in [6, 6.07) is 15.5. The molecule has 2 heterocycles. The highest BCUT2D eigenvalue weighted by Crippen LogP contribution is 2.21. The van der Waals surface area contributed by atoms with Crippen molar-refractivity contribution in [1.29, 1.82) is 0 Å². The van der Waals surface area contributed by atoms with Gasteiger partial charge in [0.25, 0.3) is 0 Å². The molecule has 0 spiro atoms. The van der Waals surface area contributed by atoms with E-state index in [-0.39, 0.29) is 12.5 Å². The number of benzene rings is 2. The monoisotopic (exact) mass is 361 g/mol. The highest BCUT2D eigenvalue weighted by Gasteiger charge is 2.12. The summed E-state index contributed by atoms with van der Waals surface area (Å²) in [4.78, 5) is 20.8. The van der Waals surface area contributed by atoms with Crippen LogP contribution in [-0.4, -0.2) is 25.6 Å². The topological polar surface area (TPSA) is 85.8 Å². The first-order chi connectivity index (χ1) is 13.2. The van der Waals surface area contributed by atoms with Crippen molar-refractivity contribution in [2.24, 2.45) is 0 Å². The minimum Gasteiger partial charge on any atom is -0.347 e. The Morgan fingerprint density at radius 1 is 1.19 bits per heavy atom. The smallest absolute Gasteiger partial charge is 0.246 e. The minimum atomic E-state index is -0.0903. The maximum atomic E-state index is 12.0. The molecule has 2 aromatic heterocycles. The molecular formula is C20H19N5O2. The fraction of sp³-hybridized carbons (Fsp3) is 0.200. The predicted molar refractivity (Wildman–Crippen MR) is 101 cm³/mol. The largest absolute Gasteiger partial charge is 0.347 e. The van der Waals surface area contributed by atoms with E-state index in [1.807, 2.05) is 54.9 Å². The number of aromatic nitrogens is 4. The van der Waals surface area contributed by atoms with Gasteiger partial charge in [0.15, 0.2) is 0 Å². The molecule has 4 rings (SSSR count). The molecule has 1 amide bonds. The van der Waals surface area contributed by atoms with Crippen molar-refractivity contribution in [2.45, 2.75) is 26.4 Å². The predicted octanol–water partition coefficient (Wildman–Crippen LogP) is 2.97. The minimum absolute atomic E-state index is 0.0903. The Morgan fingerprint density at radius 2 is 2.04 bits per heavy atom. The van der Waals surface area contributed by atoms with Gasteiger partial charge < -0.3 is 14.4 Å². The summed E-state index contributed by atoms with van der Waals surface area (Å²) in [7, 11) is 0. The molecule has 0 saturated heterocycles. The first-order valence-corrected chi connectivity index (χ1v) is 8.81. The summed E-state index contributed by atoms with van der Waals surface area (Å²) >= 11 is 0. The lowest BCUT2D eigenvalue weighted by atomic mass is 10.1. The molecule has 0 saturated carbocycles. The van der Waals surface area contributed by atoms with Crippen molar-refractivity contribution in [3.8, 4) is 11.4 Å². The summed E-state index contributed by atoms with van der Waals surface area (Å²) in [6.07, 6.45) is 2.14. The van der Waals surface area contributed by atoms with Gasteiger partial charge in [-0.1, -0.05) is 35.5 Å². The van der Waals surface area contributed by atoms with E-state index >= 15 is 0 Å². The molecule has 7 heteroatoms. The highest BCUT2D eigenvalue weighted by molar-refractivity contribution is 5.80. The van der Waals surface area contributed by atoms with Crippen LogP contribution in [0.2, 0.25) is 0 Å². The molecule has 0 radical (unpaired) electrons. The van der Waals surface area contributed by atoms with Crippen LogP contribution in [0.1, 0.15) is 18.4 Å². The summed E-state index contributed by atoms with van der Waals surface area (Å²) in [5, 5.41) is 6.81. The molecule has 0 fully saturated rings. The van der Waals surface area contributed by atoms with E-state index in [4.69, 9.17) is 4.52 Å². The van der Waals surface area contributed by atoms with Crippen LogP contribution < -0.4 is 5.32 Å². The molecule has 27 heavy (non-hydrogen) atoms. The van der Waals surface area contributed by atoms with Crippen molar-refractivity contribution in [3.05, 3.63) is 66.3 Å². The zero-order valence-electron chi connectivity index (χ0n) is 14.9. The van der Waals surface area contributed by atoms with E-state index in [0.717, 1.165) is 28.7 Å². The normalized spacial score (nSPS) is 11.0.